The van der Waals surface area contributed by atoms with E-state index >= 15 is 0 Å². The Bertz CT molecular complexity index is 758. The van der Waals surface area contributed by atoms with Gasteiger partial charge in [0.2, 0.25) is 5.91 Å². The van der Waals surface area contributed by atoms with E-state index in [1.165, 1.54) is 0 Å². The monoisotopic (exact) mass is 402 g/mol. The fraction of sp³-hybridized carbons (Fsp3) is 0.667. The van der Waals surface area contributed by atoms with Crippen molar-refractivity contribution in [1.29, 1.82) is 0 Å². The fourth-order valence-corrected chi connectivity index (χ4v) is 4.13. The zero-order chi connectivity index (χ0) is 20.4. The molecule has 3 amide bonds. The van der Waals surface area contributed by atoms with Crippen LogP contribution >= 0.6 is 0 Å². The van der Waals surface area contributed by atoms with E-state index in [2.05, 4.69) is 4.90 Å². The summed E-state index contributed by atoms with van der Waals surface area (Å²) in [5, 5.41) is 0. The molecule has 0 unspecified atom stereocenters. The van der Waals surface area contributed by atoms with Gasteiger partial charge in [-0.1, -0.05) is 0 Å². The number of hydrogen-bond acceptors (Lipinski definition) is 5. The molecule has 8 heteroatoms. The van der Waals surface area contributed by atoms with Crippen molar-refractivity contribution in [1.82, 2.24) is 19.6 Å². The highest BCUT2D eigenvalue weighted by molar-refractivity contribution is 6.35. The summed E-state index contributed by atoms with van der Waals surface area (Å²) in [6.07, 6.45) is 4.05. The minimum absolute atomic E-state index is 0.106. The zero-order valence-corrected chi connectivity index (χ0v) is 17.1. The molecule has 1 aliphatic carbocycles. The van der Waals surface area contributed by atoms with Crippen LogP contribution in [0.4, 0.5) is 0 Å². The first-order chi connectivity index (χ1) is 14.0. The standard InChI is InChI=1S/C21H30N4O4/c1-16-4-7-18(29-16)14-25(17-5-6-17)19(26)15-22-10-12-24(13-11-22)21(28)20(27)23-8-2-3-9-23/h4,7,17H,2-3,5-6,8-15H2,1H3. The molecule has 1 aromatic heterocycles. The second kappa shape index (κ2) is 8.57. The lowest BCUT2D eigenvalue weighted by Crippen LogP contribution is -2.54. The second-order valence-corrected chi connectivity index (χ2v) is 8.33. The SMILES string of the molecule is Cc1ccc(CN(C(=O)CN2CCN(C(=O)C(=O)N3CCCC3)CC2)C2CC2)o1. The van der Waals surface area contributed by atoms with Crippen molar-refractivity contribution in [2.24, 2.45) is 0 Å². The molecule has 0 spiro atoms. The predicted molar refractivity (Wildman–Crippen MR) is 106 cm³/mol. The molecular weight excluding hydrogens is 372 g/mol. The summed E-state index contributed by atoms with van der Waals surface area (Å²) in [6.45, 7) is 6.35. The number of amides is 3. The van der Waals surface area contributed by atoms with Gasteiger partial charge in [-0.3, -0.25) is 19.3 Å². The summed E-state index contributed by atoms with van der Waals surface area (Å²) >= 11 is 0. The van der Waals surface area contributed by atoms with Gasteiger partial charge in [0, 0.05) is 45.3 Å². The van der Waals surface area contributed by atoms with Crippen LogP contribution in [0.1, 0.15) is 37.2 Å². The number of piperazine rings is 1. The van der Waals surface area contributed by atoms with Crippen LogP contribution in [0.15, 0.2) is 16.5 Å². The maximum absolute atomic E-state index is 12.9. The molecule has 3 fully saturated rings. The molecule has 29 heavy (non-hydrogen) atoms. The molecule has 8 nitrogen and oxygen atoms in total. The number of furan rings is 1. The van der Waals surface area contributed by atoms with Gasteiger partial charge < -0.3 is 19.1 Å². The van der Waals surface area contributed by atoms with E-state index in [0.717, 1.165) is 37.2 Å². The van der Waals surface area contributed by atoms with E-state index in [-0.39, 0.29) is 11.8 Å². The smallest absolute Gasteiger partial charge is 0.312 e. The third kappa shape index (κ3) is 4.80. The number of likely N-dealkylation sites (tertiary alicyclic amines) is 1. The lowest BCUT2D eigenvalue weighted by molar-refractivity contribution is -0.152. The van der Waals surface area contributed by atoms with Crippen LogP contribution in [0.25, 0.3) is 0 Å². The minimum Gasteiger partial charge on any atom is -0.464 e. The Morgan fingerprint density at radius 2 is 1.59 bits per heavy atom. The molecule has 2 aliphatic heterocycles. The summed E-state index contributed by atoms with van der Waals surface area (Å²) in [4.78, 5) is 44.9. The molecule has 1 aromatic rings. The Morgan fingerprint density at radius 3 is 2.14 bits per heavy atom. The molecule has 1 saturated carbocycles. The van der Waals surface area contributed by atoms with Crippen molar-refractivity contribution >= 4 is 17.7 Å². The van der Waals surface area contributed by atoms with Crippen molar-refractivity contribution in [3.05, 3.63) is 23.7 Å². The summed E-state index contributed by atoms with van der Waals surface area (Å²) in [6, 6.07) is 4.17. The normalized spacial score (nSPS) is 20.2. The highest BCUT2D eigenvalue weighted by atomic mass is 16.3. The Morgan fingerprint density at radius 1 is 0.966 bits per heavy atom. The summed E-state index contributed by atoms with van der Waals surface area (Å²) in [7, 11) is 0. The fourth-order valence-electron chi connectivity index (χ4n) is 4.13. The molecule has 158 valence electrons. The van der Waals surface area contributed by atoms with Crippen molar-refractivity contribution in [3.63, 3.8) is 0 Å². The Labute approximate surface area is 171 Å². The van der Waals surface area contributed by atoms with Gasteiger partial charge in [-0.05, 0) is 44.7 Å². The maximum atomic E-state index is 12.9. The van der Waals surface area contributed by atoms with Gasteiger partial charge in [0.1, 0.15) is 11.5 Å². The van der Waals surface area contributed by atoms with E-state index in [4.69, 9.17) is 4.42 Å². The van der Waals surface area contributed by atoms with E-state index in [0.29, 0.717) is 58.4 Å². The number of rotatable bonds is 5. The molecule has 0 radical (unpaired) electrons. The topological polar surface area (TPSA) is 77.3 Å². The van der Waals surface area contributed by atoms with E-state index < -0.39 is 5.91 Å². The van der Waals surface area contributed by atoms with Crippen LogP contribution in [-0.4, -0.2) is 89.2 Å². The molecule has 4 rings (SSSR count). The van der Waals surface area contributed by atoms with Crippen LogP contribution in [0, 0.1) is 6.92 Å². The number of aryl methyl sites for hydroxylation is 1. The first-order valence-electron chi connectivity index (χ1n) is 10.7. The second-order valence-electron chi connectivity index (χ2n) is 8.33. The molecule has 0 aromatic carbocycles. The van der Waals surface area contributed by atoms with Gasteiger partial charge in [-0.2, -0.15) is 0 Å². The summed E-state index contributed by atoms with van der Waals surface area (Å²) in [5.41, 5.74) is 0. The lowest BCUT2D eigenvalue weighted by Gasteiger charge is -2.35. The molecule has 0 bridgehead atoms. The molecule has 2 saturated heterocycles. The number of carbonyl (C=O) groups excluding carboxylic acids is 3. The van der Waals surface area contributed by atoms with Gasteiger partial charge in [-0.15, -0.1) is 0 Å². The van der Waals surface area contributed by atoms with Gasteiger partial charge in [0.05, 0.1) is 13.1 Å². The third-order valence-corrected chi connectivity index (χ3v) is 6.02. The first-order valence-corrected chi connectivity index (χ1v) is 10.7. The number of nitrogens with zero attached hydrogens (tertiary/aromatic N) is 4. The largest absolute Gasteiger partial charge is 0.464 e. The molecule has 0 atom stereocenters. The van der Waals surface area contributed by atoms with Crippen molar-refractivity contribution < 1.29 is 18.8 Å². The van der Waals surface area contributed by atoms with E-state index in [1.807, 2.05) is 24.0 Å². The highest BCUT2D eigenvalue weighted by Crippen LogP contribution is 2.29. The van der Waals surface area contributed by atoms with Gasteiger partial charge in [-0.25, -0.2) is 0 Å². The van der Waals surface area contributed by atoms with Crippen LogP contribution in [0.2, 0.25) is 0 Å². The van der Waals surface area contributed by atoms with Crippen molar-refractivity contribution in [2.75, 3.05) is 45.8 Å². The van der Waals surface area contributed by atoms with Crippen LogP contribution < -0.4 is 0 Å². The molecular formula is C21H30N4O4. The van der Waals surface area contributed by atoms with Crippen molar-refractivity contribution in [2.45, 2.75) is 45.2 Å². The Kier molecular flexibility index (Phi) is 5.89. The van der Waals surface area contributed by atoms with Crippen molar-refractivity contribution in [3.8, 4) is 0 Å². The summed E-state index contributed by atoms with van der Waals surface area (Å²) < 4.78 is 5.65. The molecule has 0 N–H and O–H groups in total. The minimum atomic E-state index is -0.398. The summed E-state index contributed by atoms with van der Waals surface area (Å²) in [5.74, 6) is 1.01. The van der Waals surface area contributed by atoms with Crippen LogP contribution in [-0.2, 0) is 20.9 Å². The van der Waals surface area contributed by atoms with Crippen LogP contribution in [0.5, 0.6) is 0 Å². The Balaban J connectivity index is 1.26. The number of carbonyl (C=O) groups is 3. The zero-order valence-electron chi connectivity index (χ0n) is 17.1. The maximum Gasteiger partial charge on any atom is 0.312 e. The molecule has 3 heterocycles. The van der Waals surface area contributed by atoms with Gasteiger partial charge in [0.25, 0.3) is 0 Å². The molecule has 3 aliphatic rings. The van der Waals surface area contributed by atoms with Gasteiger partial charge in [0.15, 0.2) is 0 Å². The highest BCUT2D eigenvalue weighted by Gasteiger charge is 2.35. The first kappa shape index (κ1) is 19.9. The Hall–Kier alpha value is -2.35. The lowest BCUT2D eigenvalue weighted by atomic mass is 10.2. The quantitative estimate of drug-likeness (QED) is 0.683. The van der Waals surface area contributed by atoms with Crippen LogP contribution in [0.3, 0.4) is 0 Å². The van der Waals surface area contributed by atoms with E-state index in [9.17, 15) is 14.4 Å². The van der Waals surface area contributed by atoms with E-state index in [1.54, 1.807) is 9.80 Å². The van der Waals surface area contributed by atoms with Gasteiger partial charge >= 0.3 is 11.8 Å². The third-order valence-electron chi connectivity index (χ3n) is 6.02. The predicted octanol–water partition coefficient (Wildman–Crippen LogP) is 0.846. The number of hydrogen-bond donors (Lipinski definition) is 0. The average molecular weight is 402 g/mol. The average Bonchev–Trinajstić information content (AvgIpc) is 3.23.